The topological polar surface area (TPSA) is 65.5 Å². The average Bonchev–Trinajstić information content (AvgIpc) is 2.68. The van der Waals surface area contributed by atoms with Gasteiger partial charge in [0.25, 0.3) is 5.91 Å². The summed E-state index contributed by atoms with van der Waals surface area (Å²) in [5.41, 5.74) is 3.50. The van der Waals surface area contributed by atoms with Gasteiger partial charge in [-0.25, -0.2) is 0 Å². The van der Waals surface area contributed by atoms with Gasteiger partial charge in [-0.1, -0.05) is 19.1 Å². The van der Waals surface area contributed by atoms with Crippen molar-refractivity contribution in [1.29, 1.82) is 0 Å². The monoisotopic (exact) mass is 338 g/mol. The van der Waals surface area contributed by atoms with Crippen LogP contribution in [0.1, 0.15) is 23.0 Å². The summed E-state index contributed by atoms with van der Waals surface area (Å²) in [4.78, 5) is 31.0. The summed E-state index contributed by atoms with van der Waals surface area (Å²) in [6, 6.07) is 11.8. The summed E-state index contributed by atoms with van der Waals surface area (Å²) in [6.07, 6.45) is 3.47. The molecule has 0 atom stereocenters. The Balaban J connectivity index is 1.68. The Bertz CT molecular complexity index is 737. The van der Waals surface area contributed by atoms with E-state index in [2.05, 4.69) is 29.4 Å². The molecule has 0 bridgehead atoms. The Morgan fingerprint density at radius 1 is 1.12 bits per heavy atom. The minimum atomic E-state index is -0.101. The summed E-state index contributed by atoms with van der Waals surface area (Å²) < 4.78 is 0. The minimum absolute atomic E-state index is 0.101. The zero-order valence-corrected chi connectivity index (χ0v) is 14.3. The maximum Gasteiger partial charge on any atom is 0.272 e. The summed E-state index contributed by atoms with van der Waals surface area (Å²) in [5, 5.41) is 3.30. The van der Waals surface area contributed by atoms with Gasteiger partial charge in [-0.3, -0.25) is 14.6 Å². The second-order valence-corrected chi connectivity index (χ2v) is 6.04. The molecule has 0 saturated carbocycles. The Labute approximate surface area is 147 Å². The molecule has 2 amide bonds. The van der Waals surface area contributed by atoms with Crippen LogP contribution in [0, 0.1) is 0 Å². The van der Waals surface area contributed by atoms with Crippen molar-refractivity contribution in [2.45, 2.75) is 13.3 Å². The van der Waals surface area contributed by atoms with E-state index >= 15 is 0 Å². The van der Waals surface area contributed by atoms with E-state index in [-0.39, 0.29) is 5.91 Å². The smallest absolute Gasteiger partial charge is 0.272 e. The normalized spacial score (nSPS) is 14.3. The SMILES string of the molecule is CCc1ccc(Nc2ccnc(C(=O)N3CCN(C=O)CC3)c2)cc1. The third-order valence-electron chi connectivity index (χ3n) is 4.38. The predicted molar refractivity (Wildman–Crippen MR) is 96.9 cm³/mol. The van der Waals surface area contributed by atoms with Gasteiger partial charge in [0.1, 0.15) is 5.69 Å². The number of hydrogen-bond donors (Lipinski definition) is 1. The van der Waals surface area contributed by atoms with Crippen molar-refractivity contribution in [1.82, 2.24) is 14.8 Å². The molecule has 0 aliphatic carbocycles. The van der Waals surface area contributed by atoms with E-state index in [0.717, 1.165) is 24.2 Å². The van der Waals surface area contributed by atoms with Gasteiger partial charge >= 0.3 is 0 Å². The maximum absolute atomic E-state index is 12.6. The second kappa shape index (κ2) is 7.79. The standard InChI is InChI=1S/C19H22N4O2/c1-2-15-3-5-16(6-4-15)21-17-7-8-20-18(13-17)19(25)23-11-9-22(14-24)10-12-23/h3-8,13-14H,2,9-12H2,1H3,(H,20,21). The lowest BCUT2D eigenvalue weighted by Gasteiger charge is -2.32. The first-order valence-electron chi connectivity index (χ1n) is 8.50. The lowest BCUT2D eigenvalue weighted by atomic mass is 10.1. The van der Waals surface area contributed by atoms with Crippen LogP contribution in [-0.4, -0.2) is 53.3 Å². The molecule has 2 heterocycles. The Morgan fingerprint density at radius 2 is 1.84 bits per heavy atom. The van der Waals surface area contributed by atoms with Crippen molar-refractivity contribution >= 4 is 23.7 Å². The molecule has 1 saturated heterocycles. The van der Waals surface area contributed by atoms with Crippen LogP contribution in [0.5, 0.6) is 0 Å². The van der Waals surface area contributed by atoms with Crippen LogP contribution in [0.3, 0.4) is 0 Å². The molecular formula is C19H22N4O2. The molecule has 0 spiro atoms. The molecule has 3 rings (SSSR count). The highest BCUT2D eigenvalue weighted by atomic mass is 16.2. The van der Waals surface area contributed by atoms with E-state index < -0.39 is 0 Å². The highest BCUT2D eigenvalue weighted by Crippen LogP contribution is 2.18. The Kier molecular flexibility index (Phi) is 5.28. The molecule has 1 aromatic heterocycles. The van der Waals surface area contributed by atoms with Gasteiger partial charge in [0.05, 0.1) is 0 Å². The largest absolute Gasteiger partial charge is 0.355 e. The highest BCUT2D eigenvalue weighted by Gasteiger charge is 2.22. The molecule has 0 radical (unpaired) electrons. The van der Waals surface area contributed by atoms with Gasteiger partial charge in [0, 0.05) is 43.8 Å². The van der Waals surface area contributed by atoms with Crippen LogP contribution in [0.25, 0.3) is 0 Å². The first kappa shape index (κ1) is 17.0. The quantitative estimate of drug-likeness (QED) is 0.850. The zero-order chi connectivity index (χ0) is 17.6. The number of aryl methyl sites for hydroxylation is 1. The molecular weight excluding hydrogens is 316 g/mol. The molecule has 6 heteroatoms. The van der Waals surface area contributed by atoms with Gasteiger partial charge in [-0.2, -0.15) is 0 Å². The van der Waals surface area contributed by atoms with E-state index in [1.54, 1.807) is 22.1 Å². The summed E-state index contributed by atoms with van der Waals surface area (Å²) in [6.45, 7) is 4.33. The van der Waals surface area contributed by atoms with Gasteiger partial charge < -0.3 is 15.1 Å². The third kappa shape index (κ3) is 4.15. The summed E-state index contributed by atoms with van der Waals surface area (Å²) in [5.74, 6) is -0.101. The van der Waals surface area contributed by atoms with E-state index in [1.165, 1.54) is 5.56 Å². The fourth-order valence-corrected chi connectivity index (χ4v) is 2.81. The number of pyridine rings is 1. The second-order valence-electron chi connectivity index (χ2n) is 6.04. The van der Waals surface area contributed by atoms with E-state index in [9.17, 15) is 9.59 Å². The predicted octanol–water partition coefficient (Wildman–Crippen LogP) is 2.30. The van der Waals surface area contributed by atoms with Crippen LogP contribution in [0.2, 0.25) is 0 Å². The number of anilines is 2. The van der Waals surface area contributed by atoms with Gasteiger partial charge in [0.15, 0.2) is 0 Å². The summed E-state index contributed by atoms with van der Waals surface area (Å²) >= 11 is 0. The maximum atomic E-state index is 12.6. The fourth-order valence-electron chi connectivity index (χ4n) is 2.81. The molecule has 1 fully saturated rings. The number of nitrogens with one attached hydrogen (secondary N) is 1. The molecule has 2 aromatic rings. The lowest BCUT2D eigenvalue weighted by Crippen LogP contribution is -2.48. The minimum Gasteiger partial charge on any atom is -0.355 e. The summed E-state index contributed by atoms with van der Waals surface area (Å²) in [7, 11) is 0. The van der Waals surface area contributed by atoms with Crippen molar-refractivity contribution in [2.24, 2.45) is 0 Å². The molecule has 1 aromatic carbocycles. The third-order valence-corrected chi connectivity index (χ3v) is 4.38. The average molecular weight is 338 g/mol. The fraction of sp³-hybridized carbons (Fsp3) is 0.316. The van der Waals surface area contributed by atoms with Gasteiger partial charge in [-0.05, 0) is 36.2 Å². The van der Waals surface area contributed by atoms with Crippen LogP contribution in [0.4, 0.5) is 11.4 Å². The van der Waals surface area contributed by atoms with E-state index in [0.29, 0.717) is 31.9 Å². The number of benzene rings is 1. The number of carbonyl (C=O) groups excluding carboxylic acids is 2. The first-order chi connectivity index (χ1) is 12.2. The number of aromatic nitrogens is 1. The number of rotatable bonds is 5. The van der Waals surface area contributed by atoms with Crippen LogP contribution < -0.4 is 5.32 Å². The molecule has 25 heavy (non-hydrogen) atoms. The van der Waals surface area contributed by atoms with Crippen LogP contribution >= 0.6 is 0 Å². The first-order valence-corrected chi connectivity index (χ1v) is 8.50. The van der Waals surface area contributed by atoms with Crippen molar-refractivity contribution < 1.29 is 9.59 Å². The van der Waals surface area contributed by atoms with E-state index in [4.69, 9.17) is 0 Å². The number of carbonyl (C=O) groups is 2. The molecule has 1 aliphatic heterocycles. The van der Waals surface area contributed by atoms with Crippen molar-refractivity contribution in [3.8, 4) is 0 Å². The van der Waals surface area contributed by atoms with Gasteiger partial charge in [0.2, 0.25) is 6.41 Å². The number of amides is 2. The zero-order valence-electron chi connectivity index (χ0n) is 14.3. The van der Waals surface area contributed by atoms with Crippen LogP contribution in [-0.2, 0) is 11.2 Å². The number of hydrogen-bond acceptors (Lipinski definition) is 4. The molecule has 6 nitrogen and oxygen atoms in total. The highest BCUT2D eigenvalue weighted by molar-refractivity contribution is 5.93. The lowest BCUT2D eigenvalue weighted by molar-refractivity contribution is -0.119. The van der Waals surface area contributed by atoms with Crippen molar-refractivity contribution in [3.63, 3.8) is 0 Å². The molecule has 130 valence electrons. The number of piperazine rings is 1. The molecule has 0 unspecified atom stereocenters. The Hall–Kier alpha value is -2.89. The molecule has 1 N–H and O–H groups in total. The van der Waals surface area contributed by atoms with Crippen LogP contribution in [0.15, 0.2) is 42.6 Å². The van der Waals surface area contributed by atoms with Crippen molar-refractivity contribution in [2.75, 3.05) is 31.5 Å². The number of nitrogens with zero attached hydrogens (tertiary/aromatic N) is 3. The van der Waals surface area contributed by atoms with E-state index in [1.807, 2.05) is 18.2 Å². The van der Waals surface area contributed by atoms with Gasteiger partial charge in [-0.15, -0.1) is 0 Å². The van der Waals surface area contributed by atoms with Crippen molar-refractivity contribution in [3.05, 3.63) is 53.9 Å². The Morgan fingerprint density at radius 3 is 2.48 bits per heavy atom. The molecule has 1 aliphatic rings.